The van der Waals surface area contributed by atoms with E-state index in [0.717, 1.165) is 18.4 Å². The first-order chi connectivity index (χ1) is 9.50. The van der Waals surface area contributed by atoms with E-state index in [9.17, 15) is 26.4 Å². The molecule has 0 saturated carbocycles. The molecule has 9 heteroatoms. The molecule has 1 aromatic rings. The van der Waals surface area contributed by atoms with Gasteiger partial charge in [0, 0.05) is 25.7 Å². The third-order valence-electron chi connectivity index (χ3n) is 2.59. The highest BCUT2D eigenvalue weighted by atomic mass is 32.2. The molecule has 0 atom stereocenters. The van der Waals surface area contributed by atoms with Crippen LogP contribution in [0.1, 0.15) is 12.5 Å². The molecule has 0 saturated heterocycles. The molecular formula is C12H15F3N2O3S. The smallest absolute Gasteiger partial charge is 0.311 e. The summed E-state index contributed by atoms with van der Waals surface area (Å²) in [5.41, 5.74) is -0.546. The molecule has 0 bridgehead atoms. The van der Waals surface area contributed by atoms with Gasteiger partial charge >= 0.3 is 6.18 Å². The minimum atomic E-state index is -4.45. The van der Waals surface area contributed by atoms with Gasteiger partial charge in [0.15, 0.2) is 0 Å². The lowest BCUT2D eigenvalue weighted by atomic mass is 10.2. The third-order valence-corrected chi connectivity index (χ3v) is 3.31. The molecule has 0 spiro atoms. The lowest BCUT2D eigenvalue weighted by Crippen LogP contribution is -2.37. The molecule has 0 aliphatic carbocycles. The predicted octanol–water partition coefficient (Wildman–Crippen LogP) is 1.61. The molecule has 0 unspecified atom stereocenters. The Bertz CT molecular complexity index is 597. The van der Waals surface area contributed by atoms with Crippen LogP contribution in [0.3, 0.4) is 0 Å². The Morgan fingerprint density at radius 2 is 1.76 bits per heavy atom. The Morgan fingerprint density at radius 3 is 2.14 bits per heavy atom. The van der Waals surface area contributed by atoms with Gasteiger partial charge in [-0.1, -0.05) is 0 Å². The second kappa shape index (κ2) is 6.44. The maximum Gasteiger partial charge on any atom is 0.416 e. The zero-order chi connectivity index (χ0) is 16.3. The topological polar surface area (TPSA) is 66.5 Å². The number of amides is 1. The Labute approximate surface area is 120 Å². The van der Waals surface area contributed by atoms with Crippen molar-refractivity contribution >= 4 is 21.6 Å². The monoisotopic (exact) mass is 324 g/mol. The van der Waals surface area contributed by atoms with Crippen LogP contribution in [0, 0.1) is 0 Å². The molecule has 0 aliphatic heterocycles. The summed E-state index contributed by atoms with van der Waals surface area (Å²) in [6.07, 6.45) is -3.47. The highest BCUT2D eigenvalue weighted by Gasteiger charge is 2.30. The van der Waals surface area contributed by atoms with E-state index in [1.807, 2.05) is 0 Å². The van der Waals surface area contributed by atoms with Gasteiger partial charge in [-0.25, -0.2) is 13.1 Å². The highest BCUT2D eigenvalue weighted by Crippen LogP contribution is 2.30. The van der Waals surface area contributed by atoms with E-state index in [2.05, 4.69) is 4.72 Å². The largest absolute Gasteiger partial charge is 0.416 e. The number of hydrogen-bond donors (Lipinski definition) is 1. The summed E-state index contributed by atoms with van der Waals surface area (Å²) in [5, 5.41) is 0. The van der Waals surface area contributed by atoms with Gasteiger partial charge in [0.2, 0.25) is 15.9 Å². The van der Waals surface area contributed by atoms with Crippen LogP contribution in [-0.2, 0) is 21.0 Å². The van der Waals surface area contributed by atoms with E-state index in [-0.39, 0.29) is 18.8 Å². The van der Waals surface area contributed by atoms with Gasteiger partial charge in [-0.2, -0.15) is 13.2 Å². The first-order valence-electron chi connectivity index (χ1n) is 5.91. The molecule has 1 N–H and O–H groups in total. The van der Waals surface area contributed by atoms with Crippen molar-refractivity contribution in [1.29, 1.82) is 0 Å². The first kappa shape index (κ1) is 17.4. The van der Waals surface area contributed by atoms with Crippen LogP contribution in [-0.4, -0.2) is 33.7 Å². The molecule has 118 valence electrons. The van der Waals surface area contributed by atoms with E-state index in [1.54, 1.807) is 0 Å². The molecule has 21 heavy (non-hydrogen) atoms. The zero-order valence-corrected chi connectivity index (χ0v) is 12.3. The Balaban J connectivity index is 2.84. The molecule has 1 aromatic carbocycles. The summed E-state index contributed by atoms with van der Waals surface area (Å²) in [5.74, 6) is -0.398. The van der Waals surface area contributed by atoms with Crippen LogP contribution < -0.4 is 9.62 Å². The summed E-state index contributed by atoms with van der Waals surface area (Å²) in [6, 6.07) is 4.08. The van der Waals surface area contributed by atoms with E-state index in [4.69, 9.17) is 0 Å². The minimum absolute atomic E-state index is 0.0216. The van der Waals surface area contributed by atoms with Crippen molar-refractivity contribution in [2.75, 3.05) is 24.2 Å². The lowest BCUT2D eigenvalue weighted by molar-refractivity contribution is -0.137. The number of nitrogens with zero attached hydrogens (tertiary/aromatic N) is 1. The molecule has 5 nitrogen and oxygen atoms in total. The van der Waals surface area contributed by atoms with Crippen molar-refractivity contribution < 1.29 is 26.4 Å². The van der Waals surface area contributed by atoms with Gasteiger partial charge in [0.25, 0.3) is 0 Å². The van der Waals surface area contributed by atoms with E-state index >= 15 is 0 Å². The van der Waals surface area contributed by atoms with Gasteiger partial charge in [0.05, 0.1) is 11.8 Å². The van der Waals surface area contributed by atoms with Crippen LogP contribution >= 0.6 is 0 Å². The van der Waals surface area contributed by atoms with Crippen molar-refractivity contribution in [2.45, 2.75) is 13.1 Å². The third kappa shape index (κ3) is 5.72. The number of hydrogen-bond acceptors (Lipinski definition) is 3. The van der Waals surface area contributed by atoms with Crippen LogP contribution in [0.4, 0.5) is 18.9 Å². The van der Waals surface area contributed by atoms with Gasteiger partial charge in [-0.05, 0) is 24.3 Å². The first-order valence-corrected chi connectivity index (χ1v) is 7.80. The van der Waals surface area contributed by atoms with Crippen molar-refractivity contribution in [2.24, 2.45) is 0 Å². The average molecular weight is 324 g/mol. The Kier molecular flexibility index (Phi) is 5.35. The van der Waals surface area contributed by atoms with Gasteiger partial charge in [-0.3, -0.25) is 4.79 Å². The number of rotatable bonds is 5. The number of halogens is 3. The number of nitrogens with one attached hydrogen (secondary N) is 1. The van der Waals surface area contributed by atoms with Crippen molar-refractivity contribution in [3.05, 3.63) is 29.8 Å². The number of benzene rings is 1. The summed E-state index contributed by atoms with van der Waals surface area (Å²) in [6.45, 7) is 1.24. The predicted molar refractivity (Wildman–Crippen MR) is 72.3 cm³/mol. The summed E-state index contributed by atoms with van der Waals surface area (Å²) in [4.78, 5) is 12.7. The molecule has 1 amide bonds. The van der Waals surface area contributed by atoms with Crippen LogP contribution in [0.5, 0.6) is 0 Å². The molecule has 0 fully saturated rings. The summed E-state index contributed by atoms with van der Waals surface area (Å²) in [7, 11) is -3.39. The summed E-state index contributed by atoms with van der Waals surface area (Å²) >= 11 is 0. The van der Waals surface area contributed by atoms with Gasteiger partial charge in [-0.15, -0.1) is 0 Å². The van der Waals surface area contributed by atoms with Crippen molar-refractivity contribution in [3.63, 3.8) is 0 Å². The SMILES string of the molecule is CC(=O)N(CCNS(C)(=O)=O)c1ccc(C(F)(F)F)cc1. The number of sulfonamides is 1. The second-order valence-electron chi connectivity index (χ2n) is 4.38. The Morgan fingerprint density at radius 1 is 1.24 bits per heavy atom. The fourth-order valence-corrected chi connectivity index (χ4v) is 2.10. The highest BCUT2D eigenvalue weighted by molar-refractivity contribution is 7.88. The normalized spacial score (nSPS) is 12.2. The maximum atomic E-state index is 12.5. The van der Waals surface area contributed by atoms with Crippen molar-refractivity contribution in [1.82, 2.24) is 4.72 Å². The molecule has 1 rings (SSSR count). The minimum Gasteiger partial charge on any atom is -0.311 e. The number of carbonyl (C=O) groups excluding carboxylic acids is 1. The number of alkyl halides is 3. The zero-order valence-electron chi connectivity index (χ0n) is 11.4. The lowest BCUT2D eigenvalue weighted by Gasteiger charge is -2.21. The van der Waals surface area contributed by atoms with E-state index < -0.39 is 27.7 Å². The van der Waals surface area contributed by atoms with Crippen molar-refractivity contribution in [3.8, 4) is 0 Å². The standard InChI is InChI=1S/C12H15F3N2O3S/c1-9(18)17(8-7-16-21(2,19)20)11-5-3-10(4-6-11)12(13,14)15/h3-6,16H,7-8H2,1-2H3. The summed E-state index contributed by atoms with van der Waals surface area (Å²) < 4.78 is 61.4. The van der Waals surface area contributed by atoms with E-state index in [1.165, 1.54) is 24.0 Å². The number of carbonyl (C=O) groups is 1. The van der Waals surface area contributed by atoms with E-state index in [0.29, 0.717) is 0 Å². The maximum absolute atomic E-state index is 12.5. The van der Waals surface area contributed by atoms with Crippen LogP contribution in [0.15, 0.2) is 24.3 Å². The fraction of sp³-hybridized carbons (Fsp3) is 0.417. The van der Waals surface area contributed by atoms with Crippen LogP contribution in [0.2, 0.25) is 0 Å². The average Bonchev–Trinajstić information content (AvgIpc) is 2.32. The van der Waals surface area contributed by atoms with Gasteiger partial charge in [0.1, 0.15) is 0 Å². The number of anilines is 1. The molecule has 0 radical (unpaired) electrons. The molecular weight excluding hydrogens is 309 g/mol. The fourth-order valence-electron chi connectivity index (χ4n) is 1.64. The quantitative estimate of drug-likeness (QED) is 0.895. The second-order valence-corrected chi connectivity index (χ2v) is 6.21. The molecule has 0 aromatic heterocycles. The molecule has 0 aliphatic rings. The van der Waals surface area contributed by atoms with Gasteiger partial charge < -0.3 is 4.90 Å². The Hall–Kier alpha value is -1.61. The molecule has 0 heterocycles. The van der Waals surface area contributed by atoms with Crippen LogP contribution in [0.25, 0.3) is 0 Å².